The summed E-state index contributed by atoms with van der Waals surface area (Å²) in [5.74, 6) is 0. The summed E-state index contributed by atoms with van der Waals surface area (Å²) in [5.41, 5.74) is 3.96. The molecule has 0 radical (unpaired) electrons. The molecule has 0 spiro atoms. The Morgan fingerprint density at radius 2 is 1.81 bits per heavy atom. The normalized spacial score (nSPS) is 13.7. The quantitative estimate of drug-likeness (QED) is 0.785. The van der Waals surface area contributed by atoms with Crippen LogP contribution < -0.4 is 4.90 Å². The van der Waals surface area contributed by atoms with Gasteiger partial charge in [-0.2, -0.15) is 9.57 Å². The predicted molar refractivity (Wildman–Crippen MR) is 102 cm³/mol. The van der Waals surface area contributed by atoms with Gasteiger partial charge in [0.25, 0.3) is 0 Å². The lowest BCUT2D eigenvalue weighted by molar-refractivity contribution is 0.445. The van der Waals surface area contributed by atoms with Crippen LogP contribution in [0.25, 0.3) is 0 Å². The molecule has 6 heteroatoms. The summed E-state index contributed by atoms with van der Waals surface area (Å²) in [6.07, 6.45) is 0.840. The molecule has 26 heavy (non-hydrogen) atoms. The number of benzene rings is 2. The molecule has 2 aromatic carbocycles. The van der Waals surface area contributed by atoms with Crippen molar-refractivity contribution in [1.82, 2.24) is 4.31 Å². The van der Waals surface area contributed by atoms with Crippen molar-refractivity contribution in [1.29, 1.82) is 5.26 Å². The molecule has 0 bridgehead atoms. The van der Waals surface area contributed by atoms with E-state index in [9.17, 15) is 8.42 Å². The van der Waals surface area contributed by atoms with Gasteiger partial charge in [-0.25, -0.2) is 8.42 Å². The predicted octanol–water partition coefficient (Wildman–Crippen LogP) is 3.15. The van der Waals surface area contributed by atoms with Crippen molar-refractivity contribution in [3.8, 4) is 6.07 Å². The van der Waals surface area contributed by atoms with Crippen LogP contribution in [0.15, 0.2) is 47.4 Å². The summed E-state index contributed by atoms with van der Waals surface area (Å²) in [4.78, 5) is 2.63. The summed E-state index contributed by atoms with van der Waals surface area (Å²) < 4.78 is 26.9. The van der Waals surface area contributed by atoms with Gasteiger partial charge in [-0.15, -0.1) is 0 Å². The highest BCUT2D eigenvalue weighted by Crippen LogP contribution is 2.32. The van der Waals surface area contributed by atoms with Crippen LogP contribution in [0.1, 0.15) is 30.5 Å². The van der Waals surface area contributed by atoms with Crippen molar-refractivity contribution in [3.63, 3.8) is 0 Å². The third kappa shape index (κ3) is 3.46. The second-order valence-corrected chi connectivity index (χ2v) is 8.30. The molecule has 3 rings (SSSR count). The summed E-state index contributed by atoms with van der Waals surface area (Å²) in [6.45, 7) is 6.27. The number of rotatable bonds is 6. The average molecular weight is 369 g/mol. The molecule has 1 aliphatic heterocycles. The Kier molecular flexibility index (Phi) is 5.30. The number of nitrogens with zero attached hydrogens (tertiary/aromatic N) is 3. The molecule has 136 valence electrons. The lowest BCUT2D eigenvalue weighted by atomic mass is 10.1. The first-order valence-electron chi connectivity index (χ1n) is 8.86. The van der Waals surface area contributed by atoms with E-state index in [1.54, 1.807) is 6.07 Å². The molecule has 2 aromatic rings. The highest BCUT2D eigenvalue weighted by molar-refractivity contribution is 7.89. The van der Waals surface area contributed by atoms with Gasteiger partial charge in [0, 0.05) is 31.9 Å². The van der Waals surface area contributed by atoms with E-state index in [2.05, 4.69) is 11.0 Å². The zero-order chi connectivity index (χ0) is 18.7. The number of sulfonamides is 1. The van der Waals surface area contributed by atoms with Gasteiger partial charge < -0.3 is 4.90 Å². The first kappa shape index (κ1) is 18.4. The second kappa shape index (κ2) is 7.48. The minimum absolute atomic E-state index is 0.375. The molecular weight excluding hydrogens is 346 g/mol. The molecule has 0 N–H and O–H groups in total. The average Bonchev–Trinajstić information content (AvgIpc) is 3.05. The number of hydrogen-bond donors (Lipinski definition) is 0. The van der Waals surface area contributed by atoms with Crippen LogP contribution >= 0.6 is 0 Å². The first-order valence-corrected chi connectivity index (χ1v) is 10.3. The van der Waals surface area contributed by atoms with Crippen molar-refractivity contribution in [2.24, 2.45) is 0 Å². The van der Waals surface area contributed by atoms with E-state index in [0.29, 0.717) is 23.5 Å². The van der Waals surface area contributed by atoms with E-state index in [1.165, 1.54) is 4.31 Å². The highest BCUT2D eigenvalue weighted by atomic mass is 32.2. The fourth-order valence-electron chi connectivity index (χ4n) is 3.39. The van der Waals surface area contributed by atoms with Crippen LogP contribution in [0.2, 0.25) is 0 Å². The van der Waals surface area contributed by atoms with Crippen LogP contribution in [-0.2, 0) is 23.0 Å². The maximum atomic E-state index is 12.7. The Labute approximate surface area is 155 Å². The monoisotopic (exact) mass is 369 g/mol. The van der Waals surface area contributed by atoms with E-state index >= 15 is 0 Å². The minimum atomic E-state index is -3.42. The molecule has 1 aliphatic rings. The third-order valence-corrected chi connectivity index (χ3v) is 6.89. The van der Waals surface area contributed by atoms with Gasteiger partial charge in [0.15, 0.2) is 0 Å². The standard InChI is InChI=1S/C20H23N3O2S/c1-3-23(4-2)26(24,25)19-9-10-20-18(13-19)11-12-22(20)15-17-7-5-16(14-21)6-8-17/h5-10,13H,3-4,11-12,15H2,1-2H3. The number of nitriles is 1. The van der Waals surface area contributed by atoms with E-state index in [-0.39, 0.29) is 0 Å². The topological polar surface area (TPSA) is 64.4 Å². The molecule has 0 atom stereocenters. The fraction of sp³-hybridized carbons (Fsp3) is 0.350. The molecule has 0 aliphatic carbocycles. The molecule has 0 unspecified atom stereocenters. The molecule has 5 nitrogen and oxygen atoms in total. The van der Waals surface area contributed by atoms with Gasteiger partial charge in [0.1, 0.15) is 0 Å². The first-order chi connectivity index (χ1) is 12.5. The number of anilines is 1. The van der Waals surface area contributed by atoms with Crippen LogP contribution in [-0.4, -0.2) is 32.4 Å². The highest BCUT2D eigenvalue weighted by Gasteiger charge is 2.25. The Morgan fingerprint density at radius 1 is 1.12 bits per heavy atom. The van der Waals surface area contributed by atoms with Gasteiger partial charge in [-0.3, -0.25) is 0 Å². The van der Waals surface area contributed by atoms with Crippen molar-refractivity contribution in [3.05, 3.63) is 59.2 Å². The van der Waals surface area contributed by atoms with Gasteiger partial charge in [-0.1, -0.05) is 26.0 Å². The van der Waals surface area contributed by atoms with Crippen LogP contribution in [0.4, 0.5) is 5.69 Å². The molecule has 0 amide bonds. The largest absolute Gasteiger partial charge is 0.367 e. The van der Waals surface area contributed by atoms with E-state index < -0.39 is 10.0 Å². The zero-order valence-corrected chi connectivity index (χ0v) is 16.0. The van der Waals surface area contributed by atoms with Gasteiger partial charge >= 0.3 is 0 Å². The van der Waals surface area contributed by atoms with Crippen LogP contribution in [0.5, 0.6) is 0 Å². The minimum Gasteiger partial charge on any atom is -0.367 e. The Morgan fingerprint density at radius 3 is 2.42 bits per heavy atom. The molecule has 0 fully saturated rings. The maximum Gasteiger partial charge on any atom is 0.243 e. The maximum absolute atomic E-state index is 12.7. The summed E-state index contributed by atoms with van der Waals surface area (Å²) in [6, 6.07) is 15.2. The molecule has 0 saturated carbocycles. The van der Waals surface area contributed by atoms with Crippen LogP contribution in [0, 0.1) is 11.3 Å². The van der Waals surface area contributed by atoms with Gasteiger partial charge in [0.05, 0.1) is 16.5 Å². The van der Waals surface area contributed by atoms with Gasteiger partial charge in [0.2, 0.25) is 10.0 Å². The smallest absolute Gasteiger partial charge is 0.243 e. The third-order valence-electron chi connectivity index (χ3n) is 4.84. The van der Waals surface area contributed by atoms with Crippen LogP contribution in [0.3, 0.4) is 0 Å². The molecule has 0 aromatic heterocycles. The van der Waals surface area contributed by atoms with Crippen molar-refractivity contribution < 1.29 is 8.42 Å². The lowest BCUT2D eigenvalue weighted by Crippen LogP contribution is -2.30. The zero-order valence-electron chi connectivity index (χ0n) is 15.1. The van der Waals surface area contributed by atoms with E-state index in [4.69, 9.17) is 5.26 Å². The second-order valence-electron chi connectivity index (χ2n) is 6.36. The molecule has 1 heterocycles. The number of hydrogen-bond acceptors (Lipinski definition) is 4. The lowest BCUT2D eigenvalue weighted by Gasteiger charge is -2.21. The van der Waals surface area contributed by atoms with Gasteiger partial charge in [-0.05, 0) is 47.9 Å². The van der Waals surface area contributed by atoms with Crippen molar-refractivity contribution >= 4 is 15.7 Å². The fourth-order valence-corrected chi connectivity index (χ4v) is 4.90. The Hall–Kier alpha value is -2.36. The van der Waals surface area contributed by atoms with Crippen molar-refractivity contribution in [2.45, 2.75) is 31.7 Å². The summed E-state index contributed by atoms with van der Waals surface area (Å²) >= 11 is 0. The summed E-state index contributed by atoms with van der Waals surface area (Å²) in [5, 5.41) is 8.90. The SMILES string of the molecule is CCN(CC)S(=O)(=O)c1ccc2c(c1)CCN2Cc1ccc(C#N)cc1. The van der Waals surface area contributed by atoms with E-state index in [0.717, 1.165) is 36.3 Å². The summed E-state index contributed by atoms with van der Waals surface area (Å²) in [7, 11) is -3.42. The Bertz CT molecular complexity index is 927. The van der Waals surface area contributed by atoms with Crippen molar-refractivity contribution in [2.75, 3.05) is 24.5 Å². The van der Waals surface area contributed by atoms with E-state index in [1.807, 2.05) is 50.2 Å². The molecular formula is C20H23N3O2S. The Balaban J connectivity index is 1.83. The number of fused-ring (bicyclic) bond motifs is 1. The molecule has 0 saturated heterocycles.